The van der Waals surface area contributed by atoms with Crippen molar-refractivity contribution in [2.24, 2.45) is 5.92 Å². The highest BCUT2D eigenvalue weighted by Gasteiger charge is 2.26. The molecule has 1 fully saturated rings. The number of halogens is 1. The Balaban J connectivity index is 1.86. The van der Waals surface area contributed by atoms with Crippen molar-refractivity contribution in [1.29, 1.82) is 0 Å². The molecular formula is C16H23FN2O2. The zero-order valence-electron chi connectivity index (χ0n) is 12.6. The van der Waals surface area contributed by atoms with Gasteiger partial charge >= 0.3 is 0 Å². The molecule has 1 saturated heterocycles. The van der Waals surface area contributed by atoms with E-state index in [9.17, 15) is 9.18 Å². The van der Waals surface area contributed by atoms with Gasteiger partial charge in [0.25, 0.3) is 0 Å². The topological polar surface area (TPSA) is 41.6 Å². The first kappa shape index (κ1) is 15.8. The lowest BCUT2D eigenvalue weighted by Gasteiger charge is -2.33. The van der Waals surface area contributed by atoms with Gasteiger partial charge in [0, 0.05) is 32.2 Å². The summed E-state index contributed by atoms with van der Waals surface area (Å²) < 4.78 is 18.8. The lowest BCUT2D eigenvalue weighted by atomic mass is 9.95. The molecule has 0 aromatic heterocycles. The maximum Gasteiger partial charge on any atom is 0.223 e. The van der Waals surface area contributed by atoms with Crippen LogP contribution in [0.5, 0.6) is 0 Å². The molecule has 1 unspecified atom stereocenters. The molecular weight excluding hydrogens is 271 g/mol. The summed E-state index contributed by atoms with van der Waals surface area (Å²) in [5, 5.41) is 2.96. The Kier molecular flexibility index (Phi) is 5.56. The van der Waals surface area contributed by atoms with Crippen molar-refractivity contribution in [3.05, 3.63) is 30.1 Å². The number of nitrogens with zero attached hydrogens (tertiary/aromatic N) is 1. The van der Waals surface area contributed by atoms with E-state index in [2.05, 4.69) is 5.32 Å². The average molecular weight is 294 g/mol. The van der Waals surface area contributed by atoms with Crippen molar-refractivity contribution in [3.8, 4) is 0 Å². The summed E-state index contributed by atoms with van der Waals surface area (Å²) in [5.74, 6) is -0.116. The third-order valence-corrected chi connectivity index (χ3v) is 3.86. The number of hydrogen-bond acceptors (Lipinski definition) is 3. The Morgan fingerprint density at radius 2 is 2.10 bits per heavy atom. The van der Waals surface area contributed by atoms with E-state index in [4.69, 9.17) is 4.74 Å². The zero-order chi connectivity index (χ0) is 15.2. The number of carbonyl (C=O) groups excluding carboxylic acids is 1. The summed E-state index contributed by atoms with van der Waals surface area (Å²) in [6.07, 6.45) is 1.50. The van der Waals surface area contributed by atoms with Gasteiger partial charge in [0.2, 0.25) is 5.91 Å². The first-order valence-electron chi connectivity index (χ1n) is 7.40. The number of anilines is 1. The molecule has 1 amide bonds. The van der Waals surface area contributed by atoms with Crippen molar-refractivity contribution >= 4 is 11.6 Å². The van der Waals surface area contributed by atoms with Crippen LogP contribution >= 0.6 is 0 Å². The van der Waals surface area contributed by atoms with E-state index >= 15 is 0 Å². The quantitative estimate of drug-likeness (QED) is 0.905. The molecule has 1 aliphatic heterocycles. The van der Waals surface area contributed by atoms with Crippen LogP contribution in [-0.2, 0) is 9.53 Å². The number of piperidine rings is 1. The first-order valence-corrected chi connectivity index (χ1v) is 7.40. The molecule has 0 saturated carbocycles. The molecule has 0 radical (unpaired) electrons. The summed E-state index contributed by atoms with van der Waals surface area (Å²) in [6.45, 7) is 3.85. The van der Waals surface area contributed by atoms with Gasteiger partial charge in [-0.2, -0.15) is 0 Å². The Morgan fingerprint density at radius 1 is 1.43 bits per heavy atom. The van der Waals surface area contributed by atoms with Gasteiger partial charge in [-0.1, -0.05) is 12.1 Å². The predicted octanol–water partition coefficient (Wildman–Crippen LogP) is 2.19. The number of rotatable bonds is 5. The Labute approximate surface area is 125 Å². The minimum Gasteiger partial charge on any atom is -0.383 e. The summed E-state index contributed by atoms with van der Waals surface area (Å²) >= 11 is 0. The van der Waals surface area contributed by atoms with E-state index in [-0.39, 0.29) is 23.7 Å². The summed E-state index contributed by atoms with van der Waals surface area (Å²) in [6, 6.07) is 6.81. The second-order valence-corrected chi connectivity index (χ2v) is 5.58. The highest BCUT2D eigenvalue weighted by molar-refractivity contribution is 5.79. The zero-order valence-corrected chi connectivity index (χ0v) is 12.6. The predicted molar refractivity (Wildman–Crippen MR) is 80.8 cm³/mol. The monoisotopic (exact) mass is 294 g/mol. The maximum atomic E-state index is 13.8. The SMILES string of the molecule is COCC(C)NC(=O)C1CCN(c2ccccc2F)CC1. The number of ether oxygens (including phenoxy) is 1. The fourth-order valence-corrected chi connectivity index (χ4v) is 2.74. The number of carbonyl (C=O) groups is 1. The van der Waals surface area contributed by atoms with Crippen molar-refractivity contribution in [3.63, 3.8) is 0 Å². The third-order valence-electron chi connectivity index (χ3n) is 3.86. The lowest BCUT2D eigenvalue weighted by molar-refractivity contribution is -0.126. The molecule has 5 heteroatoms. The van der Waals surface area contributed by atoms with Crippen LogP contribution in [0.3, 0.4) is 0 Å². The van der Waals surface area contributed by atoms with E-state index in [1.54, 1.807) is 19.2 Å². The molecule has 0 bridgehead atoms. The molecule has 1 N–H and O–H groups in total. The van der Waals surface area contributed by atoms with Gasteiger partial charge < -0.3 is 15.0 Å². The van der Waals surface area contributed by atoms with Crippen LogP contribution < -0.4 is 10.2 Å². The number of amides is 1. The van der Waals surface area contributed by atoms with Gasteiger partial charge in [-0.05, 0) is 31.9 Å². The number of benzene rings is 1. The summed E-state index contributed by atoms with van der Waals surface area (Å²) in [4.78, 5) is 14.1. The van der Waals surface area contributed by atoms with Crippen LogP contribution in [0.1, 0.15) is 19.8 Å². The summed E-state index contributed by atoms with van der Waals surface area (Å²) in [5.41, 5.74) is 0.629. The molecule has 1 atom stereocenters. The van der Waals surface area contributed by atoms with E-state index < -0.39 is 0 Å². The number of nitrogens with one attached hydrogen (secondary N) is 1. The second kappa shape index (κ2) is 7.41. The van der Waals surface area contributed by atoms with Crippen molar-refractivity contribution in [1.82, 2.24) is 5.32 Å². The highest BCUT2D eigenvalue weighted by atomic mass is 19.1. The van der Waals surface area contributed by atoms with E-state index in [0.29, 0.717) is 25.4 Å². The molecule has 4 nitrogen and oxygen atoms in total. The van der Waals surface area contributed by atoms with Gasteiger partial charge in [0.1, 0.15) is 5.82 Å². The molecule has 21 heavy (non-hydrogen) atoms. The van der Waals surface area contributed by atoms with Crippen LogP contribution in [0.15, 0.2) is 24.3 Å². The molecule has 2 rings (SSSR count). The molecule has 1 aromatic rings. The Bertz CT molecular complexity index is 473. The maximum absolute atomic E-state index is 13.8. The second-order valence-electron chi connectivity index (χ2n) is 5.58. The van der Waals surface area contributed by atoms with Crippen LogP contribution in [0.25, 0.3) is 0 Å². The van der Waals surface area contributed by atoms with Gasteiger partial charge in [-0.3, -0.25) is 4.79 Å². The molecule has 0 spiro atoms. The normalized spacial score (nSPS) is 17.6. The van der Waals surface area contributed by atoms with Crippen molar-refractivity contribution in [2.45, 2.75) is 25.8 Å². The fraction of sp³-hybridized carbons (Fsp3) is 0.562. The smallest absolute Gasteiger partial charge is 0.223 e. The third kappa shape index (κ3) is 4.17. The highest BCUT2D eigenvalue weighted by Crippen LogP contribution is 2.25. The van der Waals surface area contributed by atoms with E-state index in [1.807, 2.05) is 17.9 Å². The molecule has 1 heterocycles. The van der Waals surface area contributed by atoms with E-state index in [1.165, 1.54) is 6.07 Å². The Hall–Kier alpha value is -1.62. The summed E-state index contributed by atoms with van der Waals surface area (Å²) in [7, 11) is 1.62. The van der Waals surface area contributed by atoms with Crippen LogP contribution in [-0.4, -0.2) is 38.8 Å². The molecule has 0 aliphatic carbocycles. The van der Waals surface area contributed by atoms with Crippen LogP contribution in [0, 0.1) is 11.7 Å². The van der Waals surface area contributed by atoms with Crippen molar-refractivity contribution in [2.75, 3.05) is 31.7 Å². The first-order chi connectivity index (χ1) is 10.1. The van der Waals surface area contributed by atoms with Gasteiger partial charge in [0.15, 0.2) is 0 Å². The lowest BCUT2D eigenvalue weighted by Crippen LogP contribution is -2.44. The van der Waals surface area contributed by atoms with Gasteiger partial charge in [-0.15, -0.1) is 0 Å². The van der Waals surface area contributed by atoms with Crippen LogP contribution in [0.2, 0.25) is 0 Å². The van der Waals surface area contributed by atoms with Gasteiger partial charge in [-0.25, -0.2) is 4.39 Å². The fourth-order valence-electron chi connectivity index (χ4n) is 2.74. The minimum absolute atomic E-state index is 0.00679. The number of methoxy groups -OCH3 is 1. The van der Waals surface area contributed by atoms with Gasteiger partial charge in [0.05, 0.1) is 12.3 Å². The number of hydrogen-bond donors (Lipinski definition) is 1. The van der Waals surface area contributed by atoms with E-state index in [0.717, 1.165) is 12.8 Å². The van der Waals surface area contributed by atoms with Crippen LogP contribution in [0.4, 0.5) is 10.1 Å². The molecule has 1 aliphatic rings. The Morgan fingerprint density at radius 3 is 2.71 bits per heavy atom. The minimum atomic E-state index is -0.200. The number of para-hydroxylation sites is 1. The molecule has 116 valence electrons. The standard InChI is InChI=1S/C16H23FN2O2/c1-12(11-21-2)18-16(20)13-7-9-19(10-8-13)15-6-4-3-5-14(15)17/h3-6,12-13H,7-11H2,1-2H3,(H,18,20). The largest absolute Gasteiger partial charge is 0.383 e. The average Bonchev–Trinajstić information content (AvgIpc) is 2.48. The molecule has 1 aromatic carbocycles. The van der Waals surface area contributed by atoms with Crippen molar-refractivity contribution < 1.29 is 13.9 Å².